The van der Waals surface area contributed by atoms with Crippen molar-refractivity contribution in [1.82, 2.24) is 5.32 Å². The molecular formula is C17H18N2O2. The van der Waals surface area contributed by atoms with Crippen LogP contribution >= 0.6 is 0 Å². The fraction of sp³-hybridized carbons (Fsp3) is 0.235. The summed E-state index contributed by atoms with van der Waals surface area (Å²) >= 11 is 0. The van der Waals surface area contributed by atoms with Crippen LogP contribution in [0.3, 0.4) is 0 Å². The number of primary amides is 1. The summed E-state index contributed by atoms with van der Waals surface area (Å²) in [6.07, 6.45) is 0.882. The molecule has 2 aromatic rings. The van der Waals surface area contributed by atoms with Crippen molar-refractivity contribution in [3.8, 4) is 5.75 Å². The normalized spacial score (nSPS) is 14.3. The smallest absolute Gasteiger partial charge is 0.239 e. The maximum Gasteiger partial charge on any atom is 0.239 e. The van der Waals surface area contributed by atoms with Gasteiger partial charge in [-0.2, -0.15) is 0 Å². The van der Waals surface area contributed by atoms with E-state index in [9.17, 15) is 4.79 Å². The third-order valence-electron chi connectivity index (χ3n) is 3.68. The van der Waals surface area contributed by atoms with Gasteiger partial charge in [0.1, 0.15) is 11.8 Å². The van der Waals surface area contributed by atoms with Gasteiger partial charge >= 0.3 is 0 Å². The van der Waals surface area contributed by atoms with E-state index in [4.69, 9.17) is 10.5 Å². The first kappa shape index (κ1) is 13.6. The van der Waals surface area contributed by atoms with Crippen LogP contribution in [0.15, 0.2) is 48.5 Å². The minimum atomic E-state index is -0.490. The Morgan fingerprint density at radius 1 is 1.24 bits per heavy atom. The molecule has 0 bridgehead atoms. The number of benzene rings is 2. The average Bonchev–Trinajstić information content (AvgIpc) is 2.96. The molecule has 0 saturated heterocycles. The van der Waals surface area contributed by atoms with Gasteiger partial charge in [-0.05, 0) is 28.8 Å². The highest BCUT2D eigenvalue weighted by atomic mass is 16.5. The molecule has 3 N–H and O–H groups in total. The van der Waals surface area contributed by atoms with E-state index in [0.29, 0.717) is 13.2 Å². The number of amides is 1. The van der Waals surface area contributed by atoms with E-state index in [1.54, 1.807) is 0 Å². The number of fused-ring (bicyclic) bond motifs is 1. The molecule has 21 heavy (non-hydrogen) atoms. The molecule has 1 atom stereocenters. The molecular weight excluding hydrogens is 264 g/mol. The first-order valence-corrected chi connectivity index (χ1v) is 7.06. The molecule has 4 nitrogen and oxygen atoms in total. The SMILES string of the molecule is NC(=O)C(NCc1ccccc1)c1ccc2c(c1)CCO2. The molecule has 1 aliphatic heterocycles. The van der Waals surface area contributed by atoms with Gasteiger partial charge in [0.05, 0.1) is 6.61 Å². The van der Waals surface area contributed by atoms with Crippen LogP contribution in [0.25, 0.3) is 0 Å². The Labute approximate surface area is 123 Å². The van der Waals surface area contributed by atoms with E-state index in [1.165, 1.54) is 0 Å². The molecule has 3 rings (SSSR count). The number of carbonyl (C=O) groups excluding carboxylic acids is 1. The van der Waals surface area contributed by atoms with Gasteiger partial charge in [-0.1, -0.05) is 36.4 Å². The lowest BCUT2D eigenvalue weighted by Gasteiger charge is -2.16. The molecule has 108 valence electrons. The Balaban J connectivity index is 1.77. The fourth-order valence-electron chi connectivity index (χ4n) is 2.58. The van der Waals surface area contributed by atoms with Crippen molar-refractivity contribution in [3.63, 3.8) is 0 Å². The van der Waals surface area contributed by atoms with Crippen LogP contribution in [0.2, 0.25) is 0 Å². The summed E-state index contributed by atoms with van der Waals surface area (Å²) in [7, 11) is 0. The number of nitrogens with two attached hydrogens (primary N) is 1. The van der Waals surface area contributed by atoms with E-state index < -0.39 is 6.04 Å². The molecule has 2 aromatic carbocycles. The van der Waals surface area contributed by atoms with Crippen LogP contribution in [-0.4, -0.2) is 12.5 Å². The van der Waals surface area contributed by atoms with Gasteiger partial charge in [0.2, 0.25) is 5.91 Å². The van der Waals surface area contributed by atoms with Gasteiger partial charge in [-0.15, -0.1) is 0 Å². The van der Waals surface area contributed by atoms with Crippen molar-refractivity contribution in [2.24, 2.45) is 5.73 Å². The van der Waals surface area contributed by atoms with Gasteiger partial charge in [0.25, 0.3) is 0 Å². The second-order valence-electron chi connectivity index (χ2n) is 5.17. The minimum absolute atomic E-state index is 0.371. The van der Waals surface area contributed by atoms with Crippen LogP contribution in [-0.2, 0) is 17.8 Å². The van der Waals surface area contributed by atoms with Crippen LogP contribution in [0.4, 0.5) is 0 Å². The van der Waals surface area contributed by atoms with Crippen molar-refractivity contribution in [1.29, 1.82) is 0 Å². The summed E-state index contributed by atoms with van der Waals surface area (Å²) in [5.41, 5.74) is 8.69. The highest BCUT2D eigenvalue weighted by Crippen LogP contribution is 2.28. The van der Waals surface area contributed by atoms with E-state index in [-0.39, 0.29) is 5.91 Å². The van der Waals surface area contributed by atoms with Gasteiger partial charge in [0.15, 0.2) is 0 Å². The van der Waals surface area contributed by atoms with Crippen molar-refractivity contribution >= 4 is 5.91 Å². The number of rotatable bonds is 5. The molecule has 0 saturated carbocycles. The van der Waals surface area contributed by atoms with Gasteiger partial charge in [0, 0.05) is 13.0 Å². The molecule has 0 spiro atoms. The summed E-state index contributed by atoms with van der Waals surface area (Å²) in [5, 5.41) is 3.23. The Hall–Kier alpha value is -2.33. The van der Waals surface area contributed by atoms with Gasteiger partial charge in [-0.25, -0.2) is 0 Å². The summed E-state index contributed by atoms with van der Waals surface area (Å²) < 4.78 is 5.49. The highest BCUT2D eigenvalue weighted by Gasteiger charge is 2.20. The maximum absolute atomic E-state index is 11.7. The van der Waals surface area contributed by atoms with E-state index in [2.05, 4.69) is 5.32 Å². The first-order chi connectivity index (χ1) is 10.2. The fourth-order valence-corrected chi connectivity index (χ4v) is 2.58. The Morgan fingerprint density at radius 3 is 2.81 bits per heavy atom. The topological polar surface area (TPSA) is 64.4 Å². The molecule has 0 radical (unpaired) electrons. The second kappa shape index (κ2) is 5.97. The zero-order chi connectivity index (χ0) is 14.7. The quantitative estimate of drug-likeness (QED) is 0.881. The predicted octanol–water partition coefficient (Wildman–Crippen LogP) is 1.94. The van der Waals surface area contributed by atoms with Crippen LogP contribution in [0.5, 0.6) is 5.75 Å². The van der Waals surface area contributed by atoms with Gasteiger partial charge in [-0.3, -0.25) is 10.1 Å². The molecule has 1 amide bonds. The van der Waals surface area contributed by atoms with E-state index in [0.717, 1.165) is 28.9 Å². The minimum Gasteiger partial charge on any atom is -0.493 e. The lowest BCUT2D eigenvalue weighted by molar-refractivity contribution is -0.120. The maximum atomic E-state index is 11.7. The number of nitrogens with one attached hydrogen (secondary N) is 1. The summed E-state index contributed by atoms with van der Waals surface area (Å²) in [6, 6.07) is 15.3. The van der Waals surface area contributed by atoms with Gasteiger partial charge < -0.3 is 10.5 Å². The molecule has 0 aliphatic carbocycles. The predicted molar refractivity (Wildman–Crippen MR) is 80.9 cm³/mol. The molecule has 0 fully saturated rings. The summed E-state index contributed by atoms with van der Waals surface area (Å²) in [6.45, 7) is 1.31. The molecule has 0 aromatic heterocycles. The largest absolute Gasteiger partial charge is 0.493 e. The monoisotopic (exact) mass is 282 g/mol. The van der Waals surface area contributed by atoms with Crippen LogP contribution in [0, 0.1) is 0 Å². The third kappa shape index (κ3) is 3.06. The number of ether oxygens (including phenoxy) is 1. The number of hydrogen-bond acceptors (Lipinski definition) is 3. The number of hydrogen-bond donors (Lipinski definition) is 2. The third-order valence-corrected chi connectivity index (χ3v) is 3.68. The zero-order valence-electron chi connectivity index (χ0n) is 11.7. The molecule has 1 unspecified atom stereocenters. The Morgan fingerprint density at radius 2 is 2.05 bits per heavy atom. The molecule has 1 aliphatic rings. The van der Waals surface area contributed by atoms with Crippen LogP contribution in [0.1, 0.15) is 22.7 Å². The zero-order valence-corrected chi connectivity index (χ0v) is 11.7. The van der Waals surface area contributed by atoms with Crippen molar-refractivity contribution in [3.05, 3.63) is 65.2 Å². The Kier molecular flexibility index (Phi) is 3.88. The average molecular weight is 282 g/mol. The second-order valence-corrected chi connectivity index (χ2v) is 5.17. The summed E-state index contributed by atoms with van der Waals surface area (Å²) in [5.74, 6) is 0.537. The summed E-state index contributed by atoms with van der Waals surface area (Å²) in [4.78, 5) is 11.7. The standard InChI is InChI=1S/C17H18N2O2/c18-17(20)16(19-11-12-4-2-1-3-5-12)14-6-7-15-13(10-14)8-9-21-15/h1-7,10,16,19H,8-9,11H2,(H2,18,20). The van der Waals surface area contributed by atoms with E-state index >= 15 is 0 Å². The van der Waals surface area contributed by atoms with Crippen LogP contribution < -0.4 is 15.8 Å². The van der Waals surface area contributed by atoms with E-state index in [1.807, 2.05) is 48.5 Å². The van der Waals surface area contributed by atoms with Crippen molar-refractivity contribution < 1.29 is 9.53 Å². The molecule has 4 heteroatoms. The first-order valence-electron chi connectivity index (χ1n) is 7.06. The number of carbonyl (C=O) groups is 1. The lowest BCUT2D eigenvalue weighted by atomic mass is 10.0. The van der Waals surface area contributed by atoms with Crippen molar-refractivity contribution in [2.75, 3.05) is 6.61 Å². The van der Waals surface area contributed by atoms with Crippen molar-refractivity contribution in [2.45, 2.75) is 19.0 Å². The Bertz CT molecular complexity index is 640. The molecule has 1 heterocycles. The lowest BCUT2D eigenvalue weighted by Crippen LogP contribution is -2.33. The highest BCUT2D eigenvalue weighted by molar-refractivity contribution is 5.81.